The van der Waals surface area contributed by atoms with Crippen LogP contribution in [0.4, 0.5) is 5.95 Å². The first-order chi connectivity index (χ1) is 11.5. The second kappa shape index (κ2) is 7.63. The molecule has 1 aromatic heterocycles. The van der Waals surface area contributed by atoms with Crippen molar-refractivity contribution in [3.05, 3.63) is 30.0 Å². The van der Waals surface area contributed by atoms with E-state index in [9.17, 15) is 4.79 Å². The first-order valence-corrected chi connectivity index (χ1v) is 7.70. The SMILES string of the molecule is CCN(CC)c1nc(C(N)=O)cc(-c2ccc(OC)cc2OC)n1. The molecule has 7 nitrogen and oxygen atoms in total. The van der Waals surface area contributed by atoms with Crippen molar-refractivity contribution in [2.24, 2.45) is 5.73 Å². The predicted octanol–water partition coefficient (Wildman–Crippen LogP) is 2.11. The lowest BCUT2D eigenvalue weighted by Gasteiger charge is -2.20. The second-order valence-corrected chi connectivity index (χ2v) is 5.04. The molecule has 0 radical (unpaired) electrons. The van der Waals surface area contributed by atoms with Gasteiger partial charge in [0, 0.05) is 24.7 Å². The summed E-state index contributed by atoms with van der Waals surface area (Å²) < 4.78 is 10.6. The van der Waals surface area contributed by atoms with Crippen LogP contribution in [0.2, 0.25) is 0 Å². The topological polar surface area (TPSA) is 90.6 Å². The van der Waals surface area contributed by atoms with Crippen molar-refractivity contribution in [3.8, 4) is 22.8 Å². The number of nitrogens with two attached hydrogens (primary N) is 1. The Morgan fingerprint density at radius 3 is 2.38 bits per heavy atom. The van der Waals surface area contributed by atoms with Gasteiger partial charge in [0.2, 0.25) is 5.95 Å². The Balaban J connectivity index is 2.63. The zero-order valence-electron chi connectivity index (χ0n) is 14.4. The fourth-order valence-electron chi connectivity index (χ4n) is 2.36. The van der Waals surface area contributed by atoms with Crippen LogP contribution in [0.15, 0.2) is 24.3 Å². The zero-order valence-corrected chi connectivity index (χ0v) is 14.4. The summed E-state index contributed by atoms with van der Waals surface area (Å²) in [6.45, 7) is 5.44. The average molecular weight is 330 g/mol. The number of aromatic nitrogens is 2. The van der Waals surface area contributed by atoms with Crippen LogP contribution in [0.1, 0.15) is 24.3 Å². The van der Waals surface area contributed by atoms with Gasteiger partial charge in [0.15, 0.2) is 0 Å². The Morgan fingerprint density at radius 2 is 1.83 bits per heavy atom. The van der Waals surface area contributed by atoms with E-state index in [2.05, 4.69) is 9.97 Å². The molecule has 128 valence electrons. The van der Waals surface area contributed by atoms with E-state index in [0.717, 1.165) is 18.7 Å². The number of methoxy groups -OCH3 is 2. The third-order valence-corrected chi connectivity index (χ3v) is 3.70. The Kier molecular flexibility index (Phi) is 5.57. The number of hydrogen-bond donors (Lipinski definition) is 1. The van der Waals surface area contributed by atoms with Gasteiger partial charge in [-0.1, -0.05) is 0 Å². The minimum atomic E-state index is -0.598. The highest BCUT2D eigenvalue weighted by atomic mass is 16.5. The molecule has 0 unspecified atom stereocenters. The normalized spacial score (nSPS) is 10.3. The van der Waals surface area contributed by atoms with E-state index in [0.29, 0.717) is 23.1 Å². The van der Waals surface area contributed by atoms with E-state index >= 15 is 0 Å². The Hall–Kier alpha value is -2.83. The lowest BCUT2D eigenvalue weighted by atomic mass is 10.1. The molecule has 1 aromatic carbocycles. The maximum Gasteiger partial charge on any atom is 0.267 e. The van der Waals surface area contributed by atoms with Crippen LogP contribution in [-0.4, -0.2) is 43.2 Å². The summed E-state index contributed by atoms with van der Waals surface area (Å²) in [6, 6.07) is 6.97. The number of primary amides is 1. The van der Waals surface area contributed by atoms with Crippen LogP contribution in [0.25, 0.3) is 11.3 Å². The fourth-order valence-corrected chi connectivity index (χ4v) is 2.36. The van der Waals surface area contributed by atoms with Gasteiger partial charge in [-0.3, -0.25) is 4.79 Å². The van der Waals surface area contributed by atoms with Crippen molar-refractivity contribution >= 4 is 11.9 Å². The van der Waals surface area contributed by atoms with Gasteiger partial charge in [0.25, 0.3) is 5.91 Å². The van der Waals surface area contributed by atoms with Crippen molar-refractivity contribution in [1.29, 1.82) is 0 Å². The molecule has 2 aromatic rings. The van der Waals surface area contributed by atoms with E-state index in [4.69, 9.17) is 15.2 Å². The number of ether oxygens (including phenoxy) is 2. The molecule has 0 spiro atoms. The molecule has 0 atom stereocenters. The lowest BCUT2D eigenvalue weighted by Crippen LogP contribution is -2.26. The number of hydrogen-bond acceptors (Lipinski definition) is 6. The maximum absolute atomic E-state index is 11.7. The summed E-state index contributed by atoms with van der Waals surface area (Å²) in [4.78, 5) is 22.4. The molecule has 0 saturated heterocycles. The van der Waals surface area contributed by atoms with Crippen molar-refractivity contribution in [1.82, 2.24) is 9.97 Å². The first kappa shape index (κ1) is 17.5. The fraction of sp³-hybridized carbons (Fsp3) is 0.353. The van der Waals surface area contributed by atoms with Gasteiger partial charge in [-0.05, 0) is 32.0 Å². The minimum Gasteiger partial charge on any atom is -0.497 e. The third kappa shape index (κ3) is 3.56. The van der Waals surface area contributed by atoms with Crippen molar-refractivity contribution in [2.75, 3.05) is 32.2 Å². The molecular weight excluding hydrogens is 308 g/mol. The Labute approximate surface area is 141 Å². The Morgan fingerprint density at radius 1 is 1.12 bits per heavy atom. The maximum atomic E-state index is 11.7. The van der Waals surface area contributed by atoms with Crippen molar-refractivity contribution in [2.45, 2.75) is 13.8 Å². The summed E-state index contributed by atoms with van der Waals surface area (Å²) in [5.41, 5.74) is 6.90. The molecule has 7 heteroatoms. The van der Waals surface area contributed by atoms with E-state index < -0.39 is 5.91 Å². The smallest absolute Gasteiger partial charge is 0.267 e. The molecule has 0 aliphatic carbocycles. The molecule has 2 rings (SSSR count). The van der Waals surface area contributed by atoms with E-state index in [1.165, 1.54) is 0 Å². The van der Waals surface area contributed by atoms with Crippen LogP contribution in [0.3, 0.4) is 0 Å². The third-order valence-electron chi connectivity index (χ3n) is 3.70. The summed E-state index contributed by atoms with van der Waals surface area (Å²) in [5.74, 6) is 1.13. The van der Waals surface area contributed by atoms with Gasteiger partial charge < -0.3 is 20.1 Å². The van der Waals surface area contributed by atoms with Crippen LogP contribution in [0.5, 0.6) is 11.5 Å². The van der Waals surface area contributed by atoms with Gasteiger partial charge in [-0.2, -0.15) is 0 Å². The standard InChI is InChI=1S/C17H22N4O3/c1-5-21(6-2)17-19-13(10-14(20-17)16(18)22)12-8-7-11(23-3)9-15(12)24-4/h7-10H,5-6H2,1-4H3,(H2,18,22). The molecule has 24 heavy (non-hydrogen) atoms. The predicted molar refractivity (Wildman–Crippen MR) is 92.7 cm³/mol. The average Bonchev–Trinajstić information content (AvgIpc) is 2.61. The van der Waals surface area contributed by atoms with Gasteiger partial charge in [-0.15, -0.1) is 0 Å². The molecular formula is C17H22N4O3. The lowest BCUT2D eigenvalue weighted by molar-refractivity contribution is 0.0995. The molecule has 0 bridgehead atoms. The number of carbonyl (C=O) groups is 1. The van der Waals surface area contributed by atoms with E-state index in [1.807, 2.05) is 24.8 Å². The summed E-state index contributed by atoms with van der Waals surface area (Å²) in [7, 11) is 3.16. The highest BCUT2D eigenvalue weighted by molar-refractivity contribution is 5.92. The minimum absolute atomic E-state index is 0.166. The van der Waals surface area contributed by atoms with Gasteiger partial charge in [0.05, 0.1) is 19.9 Å². The molecule has 0 aliphatic rings. The van der Waals surface area contributed by atoms with Crippen molar-refractivity contribution in [3.63, 3.8) is 0 Å². The van der Waals surface area contributed by atoms with Crippen LogP contribution in [-0.2, 0) is 0 Å². The number of nitrogens with zero attached hydrogens (tertiary/aromatic N) is 3. The van der Waals surface area contributed by atoms with E-state index in [-0.39, 0.29) is 5.69 Å². The van der Waals surface area contributed by atoms with Gasteiger partial charge >= 0.3 is 0 Å². The number of anilines is 1. The number of carbonyl (C=O) groups excluding carboxylic acids is 1. The van der Waals surface area contributed by atoms with Crippen LogP contribution in [0, 0.1) is 0 Å². The number of benzene rings is 1. The van der Waals surface area contributed by atoms with E-state index in [1.54, 1.807) is 32.4 Å². The number of rotatable bonds is 7. The highest BCUT2D eigenvalue weighted by Crippen LogP contribution is 2.33. The largest absolute Gasteiger partial charge is 0.497 e. The molecule has 0 aliphatic heterocycles. The monoisotopic (exact) mass is 330 g/mol. The number of amides is 1. The summed E-state index contributed by atoms with van der Waals surface area (Å²) >= 11 is 0. The first-order valence-electron chi connectivity index (χ1n) is 7.70. The molecule has 1 heterocycles. The zero-order chi connectivity index (χ0) is 17.7. The molecule has 1 amide bonds. The second-order valence-electron chi connectivity index (χ2n) is 5.04. The summed E-state index contributed by atoms with van der Waals surface area (Å²) in [5, 5.41) is 0. The summed E-state index contributed by atoms with van der Waals surface area (Å²) in [6.07, 6.45) is 0. The van der Waals surface area contributed by atoms with Gasteiger partial charge in [0.1, 0.15) is 17.2 Å². The molecule has 2 N–H and O–H groups in total. The van der Waals surface area contributed by atoms with Gasteiger partial charge in [-0.25, -0.2) is 9.97 Å². The molecule has 0 saturated carbocycles. The van der Waals surface area contributed by atoms with Crippen molar-refractivity contribution < 1.29 is 14.3 Å². The van der Waals surface area contributed by atoms with Crippen LogP contribution < -0.4 is 20.1 Å². The quantitative estimate of drug-likeness (QED) is 0.836. The highest BCUT2D eigenvalue weighted by Gasteiger charge is 2.16. The van der Waals surface area contributed by atoms with Crippen LogP contribution >= 0.6 is 0 Å². The Bertz CT molecular complexity index is 730. The molecule has 0 fully saturated rings.